The van der Waals surface area contributed by atoms with Crippen molar-refractivity contribution in [1.82, 2.24) is 9.97 Å². The predicted molar refractivity (Wildman–Crippen MR) is 99.2 cm³/mol. The zero-order valence-electron chi connectivity index (χ0n) is 15.0. The number of benzene rings is 2. The summed E-state index contributed by atoms with van der Waals surface area (Å²) in [5, 5.41) is 5.13. The summed E-state index contributed by atoms with van der Waals surface area (Å²) in [7, 11) is 2.99. The fourth-order valence-corrected chi connectivity index (χ4v) is 2.34. The van der Waals surface area contributed by atoms with Crippen molar-refractivity contribution in [1.29, 1.82) is 0 Å². The van der Waals surface area contributed by atoms with Crippen molar-refractivity contribution >= 4 is 23.2 Å². The Morgan fingerprint density at radius 2 is 1.68 bits per heavy atom. The van der Waals surface area contributed by atoms with Gasteiger partial charge in [-0.3, -0.25) is 4.79 Å². The van der Waals surface area contributed by atoms with Crippen molar-refractivity contribution in [3.8, 4) is 11.5 Å². The lowest BCUT2D eigenvalue weighted by atomic mass is 10.2. The molecule has 0 aliphatic rings. The highest BCUT2D eigenvalue weighted by Crippen LogP contribution is 2.29. The minimum absolute atomic E-state index is 0.0532. The molecule has 1 heterocycles. The van der Waals surface area contributed by atoms with E-state index in [1.807, 2.05) is 0 Å². The lowest BCUT2D eigenvalue weighted by Gasteiger charge is -2.12. The van der Waals surface area contributed by atoms with Crippen LogP contribution in [0.4, 0.5) is 26.1 Å². The number of halogens is 2. The molecule has 0 saturated carbocycles. The summed E-state index contributed by atoms with van der Waals surface area (Å²) >= 11 is 0. The van der Waals surface area contributed by atoms with E-state index in [4.69, 9.17) is 9.47 Å². The van der Waals surface area contributed by atoms with Gasteiger partial charge in [0.2, 0.25) is 5.95 Å². The summed E-state index contributed by atoms with van der Waals surface area (Å²) in [6.45, 7) is 0. The van der Waals surface area contributed by atoms with Crippen molar-refractivity contribution in [2.75, 3.05) is 24.9 Å². The quantitative estimate of drug-likeness (QED) is 0.671. The molecule has 0 aliphatic heterocycles. The summed E-state index contributed by atoms with van der Waals surface area (Å²) < 4.78 is 37.7. The van der Waals surface area contributed by atoms with Gasteiger partial charge in [-0.15, -0.1) is 0 Å². The van der Waals surface area contributed by atoms with Crippen LogP contribution in [0.3, 0.4) is 0 Å². The maximum Gasteiger partial charge on any atom is 0.258 e. The number of ether oxygens (including phenoxy) is 2. The van der Waals surface area contributed by atoms with Gasteiger partial charge in [0.15, 0.2) is 0 Å². The van der Waals surface area contributed by atoms with E-state index in [2.05, 4.69) is 20.6 Å². The van der Waals surface area contributed by atoms with E-state index < -0.39 is 17.5 Å². The van der Waals surface area contributed by atoms with Crippen LogP contribution in [-0.4, -0.2) is 30.1 Å². The first-order valence-electron chi connectivity index (χ1n) is 8.08. The number of nitrogens with zero attached hydrogens (tertiary/aromatic N) is 2. The van der Waals surface area contributed by atoms with Gasteiger partial charge in [0.1, 0.15) is 28.8 Å². The number of carbonyl (C=O) groups is 1. The van der Waals surface area contributed by atoms with Gasteiger partial charge in [0, 0.05) is 18.5 Å². The third kappa shape index (κ3) is 4.14. The van der Waals surface area contributed by atoms with Gasteiger partial charge in [-0.1, -0.05) is 6.07 Å². The fourth-order valence-electron chi connectivity index (χ4n) is 2.34. The molecule has 0 radical (unpaired) electrons. The molecule has 2 N–H and O–H groups in total. The van der Waals surface area contributed by atoms with Crippen LogP contribution < -0.4 is 20.1 Å². The van der Waals surface area contributed by atoms with Gasteiger partial charge in [-0.25, -0.2) is 18.7 Å². The first-order valence-corrected chi connectivity index (χ1v) is 8.08. The molecule has 0 spiro atoms. The van der Waals surface area contributed by atoms with Gasteiger partial charge in [0.25, 0.3) is 5.91 Å². The number of para-hydroxylation sites is 1. The van der Waals surface area contributed by atoms with E-state index in [1.54, 1.807) is 18.2 Å². The Morgan fingerprint density at radius 1 is 1.00 bits per heavy atom. The molecular weight excluding hydrogens is 370 g/mol. The zero-order chi connectivity index (χ0) is 20.1. The number of hydrogen-bond donors (Lipinski definition) is 2. The second kappa shape index (κ2) is 8.30. The van der Waals surface area contributed by atoms with Crippen LogP contribution in [-0.2, 0) is 0 Å². The van der Waals surface area contributed by atoms with Crippen LogP contribution in [0.1, 0.15) is 10.4 Å². The maximum absolute atomic E-state index is 13.7. The summed E-state index contributed by atoms with van der Waals surface area (Å²) in [6, 6.07) is 8.39. The molecule has 0 fully saturated rings. The Morgan fingerprint density at radius 3 is 2.29 bits per heavy atom. The van der Waals surface area contributed by atoms with Crippen LogP contribution in [0, 0.1) is 11.6 Å². The molecule has 9 heteroatoms. The van der Waals surface area contributed by atoms with Gasteiger partial charge < -0.3 is 20.1 Å². The topological polar surface area (TPSA) is 85.4 Å². The van der Waals surface area contributed by atoms with Gasteiger partial charge in [-0.05, 0) is 24.3 Å². The van der Waals surface area contributed by atoms with E-state index in [9.17, 15) is 13.6 Å². The smallest absolute Gasteiger partial charge is 0.258 e. The van der Waals surface area contributed by atoms with Crippen LogP contribution in [0.15, 0.2) is 48.8 Å². The Bertz CT molecular complexity index is 977. The molecule has 144 valence electrons. The third-order valence-corrected chi connectivity index (χ3v) is 3.77. The van der Waals surface area contributed by atoms with E-state index in [0.29, 0.717) is 17.2 Å². The Labute approximate surface area is 159 Å². The van der Waals surface area contributed by atoms with E-state index in [0.717, 1.165) is 12.1 Å². The Balaban J connectivity index is 1.74. The number of hydrogen-bond acceptors (Lipinski definition) is 6. The average molecular weight is 386 g/mol. The predicted octanol–water partition coefficient (Wildman–Crippen LogP) is 3.77. The minimum Gasteiger partial charge on any atom is -0.497 e. The van der Waals surface area contributed by atoms with Crippen LogP contribution in [0.5, 0.6) is 11.5 Å². The van der Waals surface area contributed by atoms with E-state index in [1.165, 1.54) is 32.7 Å². The lowest BCUT2D eigenvalue weighted by Crippen LogP contribution is -2.14. The van der Waals surface area contributed by atoms with Gasteiger partial charge in [-0.2, -0.15) is 0 Å². The summed E-state index contributed by atoms with van der Waals surface area (Å²) in [4.78, 5) is 20.2. The zero-order valence-corrected chi connectivity index (χ0v) is 15.0. The molecule has 1 aromatic heterocycles. The first kappa shape index (κ1) is 19.0. The molecule has 0 aliphatic carbocycles. The third-order valence-electron chi connectivity index (χ3n) is 3.77. The monoisotopic (exact) mass is 386 g/mol. The van der Waals surface area contributed by atoms with E-state index in [-0.39, 0.29) is 17.2 Å². The molecule has 2 aromatic carbocycles. The highest BCUT2D eigenvalue weighted by molar-refractivity contribution is 6.04. The lowest BCUT2D eigenvalue weighted by molar-refractivity contribution is 0.102. The normalized spacial score (nSPS) is 10.3. The Hall–Kier alpha value is -3.75. The van der Waals surface area contributed by atoms with Crippen molar-refractivity contribution in [3.05, 3.63) is 66.0 Å². The highest BCUT2D eigenvalue weighted by atomic mass is 19.1. The maximum atomic E-state index is 13.7. The highest BCUT2D eigenvalue weighted by Gasteiger charge is 2.13. The van der Waals surface area contributed by atoms with Crippen molar-refractivity contribution < 1.29 is 23.0 Å². The molecule has 1 amide bonds. The molecule has 0 unspecified atom stereocenters. The number of aromatic nitrogens is 2. The largest absolute Gasteiger partial charge is 0.497 e. The number of nitrogens with one attached hydrogen (secondary N) is 2. The number of methoxy groups -OCH3 is 2. The van der Waals surface area contributed by atoms with Gasteiger partial charge >= 0.3 is 0 Å². The number of anilines is 3. The summed E-state index contributed by atoms with van der Waals surface area (Å²) in [5.41, 5.74) is 0.212. The number of carbonyl (C=O) groups excluding carboxylic acids is 1. The Kier molecular flexibility index (Phi) is 5.64. The van der Waals surface area contributed by atoms with Crippen molar-refractivity contribution in [3.63, 3.8) is 0 Å². The van der Waals surface area contributed by atoms with Crippen LogP contribution >= 0.6 is 0 Å². The standard InChI is InChI=1S/C19H16F2N4O3/c1-27-12-6-7-15(16(8-12)28-2)24-18(26)11-9-22-19(23-10-11)25-17-13(20)4-3-5-14(17)21/h3-10H,1-2H3,(H,24,26)(H,22,23,25). The average Bonchev–Trinajstić information content (AvgIpc) is 2.71. The molecule has 7 nitrogen and oxygen atoms in total. The molecule has 0 saturated heterocycles. The number of amides is 1. The second-order valence-corrected chi connectivity index (χ2v) is 5.54. The molecular formula is C19H16F2N4O3. The number of rotatable bonds is 6. The minimum atomic E-state index is -0.781. The van der Waals surface area contributed by atoms with E-state index >= 15 is 0 Å². The SMILES string of the molecule is COc1ccc(NC(=O)c2cnc(Nc3c(F)cccc3F)nc2)c(OC)c1. The van der Waals surface area contributed by atoms with Gasteiger partial charge in [0.05, 0.1) is 25.5 Å². The molecule has 0 atom stereocenters. The summed E-state index contributed by atoms with van der Waals surface area (Å²) in [6.07, 6.45) is 2.47. The second-order valence-electron chi connectivity index (χ2n) is 5.54. The molecule has 28 heavy (non-hydrogen) atoms. The van der Waals surface area contributed by atoms with Crippen molar-refractivity contribution in [2.24, 2.45) is 0 Å². The molecule has 3 rings (SSSR count). The van der Waals surface area contributed by atoms with Crippen LogP contribution in [0.2, 0.25) is 0 Å². The first-order chi connectivity index (χ1) is 13.5. The van der Waals surface area contributed by atoms with Crippen LogP contribution in [0.25, 0.3) is 0 Å². The van der Waals surface area contributed by atoms with Crippen molar-refractivity contribution in [2.45, 2.75) is 0 Å². The molecule has 0 bridgehead atoms. The fraction of sp³-hybridized carbons (Fsp3) is 0.105. The summed E-state index contributed by atoms with van der Waals surface area (Å²) in [5.74, 6) is -1.10. The molecule has 3 aromatic rings.